The zero-order valence-electron chi connectivity index (χ0n) is 22.4. The second-order valence-corrected chi connectivity index (χ2v) is 14.2. The van der Waals surface area contributed by atoms with Crippen molar-refractivity contribution >= 4 is 16.0 Å². The summed E-state index contributed by atoms with van der Waals surface area (Å²) in [6.07, 6.45) is 5.67. The minimum atomic E-state index is -4.10. The molecule has 4 aliphatic rings. The van der Waals surface area contributed by atoms with Gasteiger partial charge >= 0.3 is 0 Å². The van der Waals surface area contributed by atoms with Crippen LogP contribution in [0.1, 0.15) is 78.6 Å². The van der Waals surface area contributed by atoms with Crippen molar-refractivity contribution in [2.45, 2.75) is 96.9 Å². The van der Waals surface area contributed by atoms with Gasteiger partial charge in [-0.25, -0.2) is 0 Å². The molecule has 0 spiro atoms. The van der Waals surface area contributed by atoms with Crippen LogP contribution in [-0.2, 0) is 14.9 Å². The van der Waals surface area contributed by atoms with Crippen LogP contribution in [0.4, 0.5) is 0 Å². The summed E-state index contributed by atoms with van der Waals surface area (Å²) in [5, 5.41) is 35.8. The average molecular weight is 552 g/mol. The van der Waals surface area contributed by atoms with Gasteiger partial charge in [-0.15, -0.1) is 0 Å². The summed E-state index contributed by atoms with van der Waals surface area (Å²) < 4.78 is 30.5. The Morgan fingerprint density at radius 3 is 2.35 bits per heavy atom. The minimum absolute atomic E-state index is 0. The van der Waals surface area contributed by atoms with E-state index in [0.717, 1.165) is 38.5 Å². The van der Waals surface area contributed by atoms with Gasteiger partial charge in [0.1, 0.15) is 0 Å². The first-order valence-electron chi connectivity index (χ1n) is 13.5. The normalized spacial score (nSPS) is 43.8. The molecule has 37 heavy (non-hydrogen) atoms. The quantitative estimate of drug-likeness (QED) is 0.286. The van der Waals surface area contributed by atoms with Gasteiger partial charge in [-0.1, -0.05) is 20.8 Å². The van der Waals surface area contributed by atoms with Crippen LogP contribution in [0.2, 0.25) is 0 Å². The van der Waals surface area contributed by atoms with Gasteiger partial charge in [-0.05, 0) is 97.7 Å². The van der Waals surface area contributed by atoms with Crippen molar-refractivity contribution in [3.63, 3.8) is 0 Å². The Kier molecular flexibility index (Phi) is 10.3. The summed E-state index contributed by atoms with van der Waals surface area (Å²) in [5.74, 6) is 0.705. The van der Waals surface area contributed by atoms with Crippen molar-refractivity contribution < 1.29 is 44.0 Å². The Hall–Kier alpha value is -0.820. The number of aliphatic hydroxyl groups is 3. The third-order valence-corrected chi connectivity index (χ3v) is 11.7. The molecule has 9 N–H and O–H groups in total. The van der Waals surface area contributed by atoms with Crippen molar-refractivity contribution in [1.82, 2.24) is 5.32 Å². The number of hydrogen-bond acceptors (Lipinski definition) is 6. The minimum Gasteiger partial charge on any atom is -0.412 e. The van der Waals surface area contributed by atoms with Gasteiger partial charge in [-0.3, -0.25) is 9.35 Å². The summed E-state index contributed by atoms with van der Waals surface area (Å²) in [4.78, 5) is 12.2. The maximum absolute atomic E-state index is 12.2. The molecule has 218 valence electrons. The fourth-order valence-electron chi connectivity index (χ4n) is 9.10. The fourth-order valence-corrected chi connectivity index (χ4v) is 9.46. The lowest BCUT2D eigenvalue weighted by Crippen LogP contribution is -2.62. The molecule has 0 aromatic heterocycles. The topological polar surface area (TPSA) is 207 Å². The Labute approximate surface area is 221 Å². The van der Waals surface area contributed by atoms with E-state index in [1.807, 2.05) is 0 Å². The van der Waals surface area contributed by atoms with Crippen molar-refractivity contribution in [1.29, 1.82) is 0 Å². The lowest BCUT2D eigenvalue weighted by molar-refractivity contribution is -0.207. The van der Waals surface area contributed by atoms with Gasteiger partial charge in [0, 0.05) is 13.0 Å². The van der Waals surface area contributed by atoms with Crippen LogP contribution in [-0.4, -0.2) is 75.8 Å². The average Bonchev–Trinajstić information content (AvgIpc) is 3.12. The van der Waals surface area contributed by atoms with E-state index in [2.05, 4.69) is 26.1 Å². The van der Waals surface area contributed by atoms with Crippen LogP contribution in [0.25, 0.3) is 0 Å². The van der Waals surface area contributed by atoms with E-state index in [4.69, 9.17) is 4.55 Å². The number of carbonyl (C=O) groups is 1. The van der Waals surface area contributed by atoms with Crippen LogP contribution < -0.4 is 5.32 Å². The van der Waals surface area contributed by atoms with Crippen molar-refractivity contribution in [2.75, 3.05) is 12.3 Å². The van der Waals surface area contributed by atoms with E-state index in [9.17, 15) is 28.5 Å². The standard InChI is InChI=1S/C26H45NO7S.2H2O/c1-15(4-7-23(31)27-10-11-35(32,33)34)18-5-6-19-24-20(14-22(30)26(18,19)3)25(2)9-8-17(28)12-16(25)13-21(24)29;;/h15-22,24,28-30H,4-14H2,1-3H3,(H,27,31)(H,32,33,34);2*1H2/t15-,16+,17-,18-,19+,20+,21-,22+,24+,25+,26-;;/m1../s1. The maximum atomic E-state index is 12.2. The van der Waals surface area contributed by atoms with Gasteiger partial charge in [0.25, 0.3) is 10.1 Å². The van der Waals surface area contributed by atoms with Crippen LogP contribution in [0.5, 0.6) is 0 Å². The third kappa shape index (κ3) is 6.02. The molecule has 4 saturated carbocycles. The molecular weight excluding hydrogens is 502 g/mol. The van der Waals surface area contributed by atoms with Gasteiger partial charge in [0.2, 0.25) is 5.91 Å². The van der Waals surface area contributed by atoms with Gasteiger partial charge in [-0.2, -0.15) is 8.42 Å². The van der Waals surface area contributed by atoms with Crippen LogP contribution in [0.15, 0.2) is 0 Å². The van der Waals surface area contributed by atoms with Crippen LogP contribution in [0.3, 0.4) is 0 Å². The molecule has 4 rings (SSSR count). The highest BCUT2D eigenvalue weighted by atomic mass is 32.2. The van der Waals surface area contributed by atoms with E-state index in [-0.39, 0.29) is 76.3 Å². The molecule has 0 saturated heterocycles. The van der Waals surface area contributed by atoms with Crippen molar-refractivity contribution in [3.8, 4) is 0 Å². The smallest absolute Gasteiger partial charge is 0.266 e. The van der Waals surface area contributed by atoms with Gasteiger partial charge in [0.05, 0.1) is 24.1 Å². The molecule has 11 heteroatoms. The van der Waals surface area contributed by atoms with Gasteiger partial charge < -0.3 is 31.6 Å². The SMILES string of the molecule is C[C@H](CCC(=O)NCCS(=O)(=O)O)[C@H]1CC[C@H]2[C@@H]3[C@H](O)C[C@@H]4C[C@H](O)CC[C@]4(C)[C@H]3C[C@H](O)[C@]12C.O.O. The summed E-state index contributed by atoms with van der Waals surface area (Å²) >= 11 is 0. The summed E-state index contributed by atoms with van der Waals surface area (Å²) in [7, 11) is -4.10. The number of fused-ring (bicyclic) bond motifs is 5. The molecule has 0 heterocycles. The van der Waals surface area contributed by atoms with Crippen molar-refractivity contribution in [3.05, 3.63) is 0 Å². The number of nitrogens with one attached hydrogen (secondary N) is 1. The largest absolute Gasteiger partial charge is 0.412 e. The molecule has 0 aromatic rings. The highest BCUT2D eigenvalue weighted by Crippen LogP contribution is 2.68. The highest BCUT2D eigenvalue weighted by Gasteiger charge is 2.65. The van der Waals surface area contributed by atoms with E-state index in [1.54, 1.807) is 0 Å². The molecular formula is C26H49NO9S. The first kappa shape index (κ1) is 32.4. The Morgan fingerprint density at radius 2 is 1.70 bits per heavy atom. The highest BCUT2D eigenvalue weighted by molar-refractivity contribution is 7.85. The first-order chi connectivity index (χ1) is 16.3. The predicted molar refractivity (Wildman–Crippen MR) is 139 cm³/mol. The maximum Gasteiger partial charge on any atom is 0.266 e. The first-order valence-corrected chi connectivity index (χ1v) is 15.1. The summed E-state index contributed by atoms with van der Waals surface area (Å²) in [6.45, 7) is 6.56. The second kappa shape index (κ2) is 11.7. The lowest BCUT2D eigenvalue weighted by Gasteiger charge is -2.63. The van der Waals surface area contributed by atoms with Crippen LogP contribution >= 0.6 is 0 Å². The number of carbonyl (C=O) groups excluding carboxylic acids is 1. The monoisotopic (exact) mass is 551 g/mol. The molecule has 4 aliphatic carbocycles. The molecule has 10 nitrogen and oxygen atoms in total. The molecule has 0 aromatic carbocycles. The van der Waals surface area contributed by atoms with E-state index in [1.165, 1.54) is 0 Å². The molecule has 11 atom stereocenters. The fraction of sp³-hybridized carbons (Fsp3) is 0.962. The third-order valence-electron chi connectivity index (χ3n) is 11.0. The summed E-state index contributed by atoms with van der Waals surface area (Å²) in [6, 6.07) is 0. The molecule has 0 aliphatic heterocycles. The Bertz CT molecular complexity index is 900. The van der Waals surface area contributed by atoms with Crippen LogP contribution in [0, 0.1) is 46.3 Å². The summed E-state index contributed by atoms with van der Waals surface area (Å²) in [5.41, 5.74) is -0.254. The lowest BCUT2D eigenvalue weighted by atomic mass is 9.43. The zero-order valence-corrected chi connectivity index (χ0v) is 23.2. The zero-order chi connectivity index (χ0) is 25.8. The predicted octanol–water partition coefficient (Wildman–Crippen LogP) is 0.719. The number of amides is 1. The number of hydrogen-bond donors (Lipinski definition) is 5. The second-order valence-electron chi connectivity index (χ2n) is 12.7. The number of aliphatic hydroxyl groups excluding tert-OH is 3. The molecule has 0 radical (unpaired) electrons. The molecule has 4 fully saturated rings. The Morgan fingerprint density at radius 1 is 1.03 bits per heavy atom. The van der Waals surface area contributed by atoms with E-state index >= 15 is 0 Å². The van der Waals surface area contributed by atoms with Crippen molar-refractivity contribution in [2.24, 2.45) is 46.3 Å². The van der Waals surface area contributed by atoms with E-state index < -0.39 is 28.1 Å². The Balaban J connectivity index is 0.00000241. The van der Waals surface area contributed by atoms with E-state index in [0.29, 0.717) is 18.8 Å². The molecule has 1 amide bonds. The number of rotatable bonds is 7. The van der Waals surface area contributed by atoms with Gasteiger partial charge in [0.15, 0.2) is 0 Å². The molecule has 0 unspecified atom stereocenters. The molecule has 0 bridgehead atoms.